The standard InChI is InChI=1S/C30H28O8/c1-17(2)15-37-25-12-7-19(13-26(25)35-3)22(14-27(33)36-4)28-24(32)11-10-21-29(34)23(16-38-30(21)28)18-5-8-20(31)9-6-18/h5-13,16,22,31-32H,1,14-15H2,2-4H3/t22-/m1/s1. The van der Waals surface area contributed by atoms with Gasteiger partial charge in [0, 0.05) is 11.5 Å². The van der Waals surface area contributed by atoms with Crippen molar-refractivity contribution in [1.29, 1.82) is 0 Å². The molecule has 8 heteroatoms. The van der Waals surface area contributed by atoms with E-state index in [1.807, 2.05) is 6.92 Å². The normalized spacial score (nSPS) is 11.7. The SMILES string of the molecule is C=C(C)COc1ccc([C@@H](CC(=O)OC)c2c(O)ccc3c(=O)c(-c4ccc(O)cc4)coc23)cc1OC. The third kappa shape index (κ3) is 5.34. The van der Waals surface area contributed by atoms with Crippen LogP contribution in [0.15, 0.2) is 82.2 Å². The molecule has 2 N–H and O–H groups in total. The fourth-order valence-electron chi connectivity index (χ4n) is 4.25. The summed E-state index contributed by atoms with van der Waals surface area (Å²) in [7, 11) is 2.78. The Kier molecular flexibility index (Phi) is 7.71. The van der Waals surface area contributed by atoms with E-state index in [0.717, 1.165) is 5.57 Å². The van der Waals surface area contributed by atoms with Gasteiger partial charge in [-0.15, -0.1) is 0 Å². The van der Waals surface area contributed by atoms with Crippen molar-refractivity contribution in [2.24, 2.45) is 0 Å². The van der Waals surface area contributed by atoms with Gasteiger partial charge in [-0.05, 0) is 60.0 Å². The van der Waals surface area contributed by atoms with Gasteiger partial charge in [-0.1, -0.05) is 24.8 Å². The maximum absolute atomic E-state index is 13.4. The predicted octanol–water partition coefficient (Wildman–Crippen LogP) is 5.53. The van der Waals surface area contributed by atoms with Gasteiger partial charge in [-0.25, -0.2) is 0 Å². The molecule has 4 aromatic rings. The summed E-state index contributed by atoms with van der Waals surface area (Å²) in [6.07, 6.45) is 1.17. The highest BCUT2D eigenvalue weighted by atomic mass is 16.5. The van der Waals surface area contributed by atoms with Crippen LogP contribution in [0.1, 0.15) is 30.4 Å². The van der Waals surface area contributed by atoms with E-state index in [1.165, 1.54) is 44.7 Å². The molecule has 0 spiro atoms. The molecule has 0 unspecified atom stereocenters. The molecule has 8 nitrogen and oxygen atoms in total. The van der Waals surface area contributed by atoms with Crippen LogP contribution in [0.2, 0.25) is 0 Å². The van der Waals surface area contributed by atoms with Crippen molar-refractivity contribution < 1.29 is 33.6 Å². The van der Waals surface area contributed by atoms with Crippen LogP contribution in [-0.2, 0) is 9.53 Å². The number of benzene rings is 3. The average Bonchev–Trinajstić information content (AvgIpc) is 2.91. The van der Waals surface area contributed by atoms with Gasteiger partial charge in [0.05, 0.1) is 31.6 Å². The number of esters is 1. The Balaban J connectivity index is 1.88. The first kappa shape index (κ1) is 26.3. The zero-order chi connectivity index (χ0) is 27.4. The summed E-state index contributed by atoms with van der Waals surface area (Å²) in [6, 6.07) is 14.2. The minimum absolute atomic E-state index is 0.0725. The predicted molar refractivity (Wildman–Crippen MR) is 143 cm³/mol. The minimum Gasteiger partial charge on any atom is -0.508 e. The highest BCUT2D eigenvalue weighted by Crippen LogP contribution is 2.41. The van der Waals surface area contributed by atoms with Gasteiger partial charge in [0.25, 0.3) is 0 Å². The Morgan fingerprint density at radius 3 is 2.42 bits per heavy atom. The van der Waals surface area contributed by atoms with E-state index in [4.69, 9.17) is 18.6 Å². The van der Waals surface area contributed by atoms with Crippen molar-refractivity contribution in [3.8, 4) is 34.1 Å². The number of carbonyl (C=O) groups excluding carboxylic acids is 1. The molecule has 0 amide bonds. The molecule has 1 heterocycles. The molecule has 0 radical (unpaired) electrons. The van der Waals surface area contributed by atoms with E-state index in [0.29, 0.717) is 34.8 Å². The summed E-state index contributed by atoms with van der Waals surface area (Å²) in [4.78, 5) is 25.9. The molecule has 0 saturated heterocycles. The molecule has 3 aromatic carbocycles. The maximum atomic E-state index is 13.4. The second-order valence-corrected chi connectivity index (χ2v) is 8.89. The van der Waals surface area contributed by atoms with Crippen LogP contribution in [-0.4, -0.2) is 37.0 Å². The molecule has 0 aliphatic heterocycles. The number of phenolic OH excluding ortho intramolecular Hbond substituents is 2. The fraction of sp³-hybridized carbons (Fsp3) is 0.200. The quantitative estimate of drug-likeness (QED) is 0.220. The summed E-state index contributed by atoms with van der Waals surface area (Å²) in [5, 5.41) is 20.8. The van der Waals surface area contributed by atoms with Crippen molar-refractivity contribution in [3.63, 3.8) is 0 Å². The number of ether oxygens (including phenoxy) is 3. The van der Waals surface area contributed by atoms with Crippen molar-refractivity contribution in [3.05, 3.63) is 94.4 Å². The van der Waals surface area contributed by atoms with Gasteiger partial charge in [0.2, 0.25) is 5.43 Å². The Morgan fingerprint density at radius 1 is 1.03 bits per heavy atom. The molecule has 0 aliphatic carbocycles. The lowest BCUT2D eigenvalue weighted by molar-refractivity contribution is -0.140. The Labute approximate surface area is 219 Å². The van der Waals surface area contributed by atoms with E-state index in [9.17, 15) is 19.8 Å². The molecule has 1 atom stereocenters. The first-order chi connectivity index (χ1) is 18.2. The average molecular weight is 517 g/mol. The molecule has 0 bridgehead atoms. The topological polar surface area (TPSA) is 115 Å². The second kappa shape index (κ2) is 11.1. The lowest BCUT2D eigenvalue weighted by Gasteiger charge is -2.21. The van der Waals surface area contributed by atoms with Gasteiger partial charge in [-0.3, -0.25) is 9.59 Å². The molecule has 0 saturated carbocycles. The Hall–Kier alpha value is -4.72. The van der Waals surface area contributed by atoms with E-state index < -0.39 is 11.9 Å². The third-order valence-corrected chi connectivity index (χ3v) is 6.15. The van der Waals surface area contributed by atoms with Crippen molar-refractivity contribution in [1.82, 2.24) is 0 Å². The van der Waals surface area contributed by atoms with E-state index >= 15 is 0 Å². The molecule has 4 rings (SSSR count). The molecular formula is C30H28O8. The number of hydrogen-bond acceptors (Lipinski definition) is 8. The van der Waals surface area contributed by atoms with Gasteiger partial charge >= 0.3 is 5.97 Å². The molecule has 0 aliphatic rings. The number of hydrogen-bond donors (Lipinski definition) is 2. The summed E-state index contributed by atoms with van der Waals surface area (Å²) in [5.74, 6) is -0.414. The zero-order valence-electron chi connectivity index (χ0n) is 21.3. The van der Waals surface area contributed by atoms with Crippen LogP contribution >= 0.6 is 0 Å². The lowest BCUT2D eigenvalue weighted by Crippen LogP contribution is -2.13. The van der Waals surface area contributed by atoms with Crippen LogP contribution in [0, 0.1) is 0 Å². The maximum Gasteiger partial charge on any atom is 0.306 e. The van der Waals surface area contributed by atoms with Crippen LogP contribution in [0.5, 0.6) is 23.0 Å². The van der Waals surface area contributed by atoms with Gasteiger partial charge < -0.3 is 28.8 Å². The summed E-state index contributed by atoms with van der Waals surface area (Å²) < 4.78 is 22.2. The highest BCUT2D eigenvalue weighted by Gasteiger charge is 2.27. The Bertz CT molecular complexity index is 1550. The van der Waals surface area contributed by atoms with Crippen LogP contribution in [0.3, 0.4) is 0 Å². The molecule has 0 fully saturated rings. The number of rotatable bonds is 9. The molecular weight excluding hydrogens is 488 g/mol. The van der Waals surface area contributed by atoms with Gasteiger partial charge in [0.1, 0.15) is 30.0 Å². The van der Waals surface area contributed by atoms with Gasteiger partial charge in [0.15, 0.2) is 11.5 Å². The van der Waals surface area contributed by atoms with Crippen LogP contribution in [0.4, 0.5) is 0 Å². The van der Waals surface area contributed by atoms with Crippen LogP contribution < -0.4 is 14.9 Å². The number of methoxy groups -OCH3 is 2. The third-order valence-electron chi connectivity index (χ3n) is 6.15. The Morgan fingerprint density at radius 2 is 1.76 bits per heavy atom. The van der Waals surface area contributed by atoms with Crippen LogP contribution in [0.25, 0.3) is 22.1 Å². The van der Waals surface area contributed by atoms with E-state index in [2.05, 4.69) is 6.58 Å². The highest BCUT2D eigenvalue weighted by molar-refractivity contribution is 5.87. The summed E-state index contributed by atoms with van der Waals surface area (Å²) >= 11 is 0. The fourth-order valence-corrected chi connectivity index (χ4v) is 4.25. The zero-order valence-corrected chi connectivity index (χ0v) is 21.3. The summed E-state index contributed by atoms with van der Waals surface area (Å²) in [5.41, 5.74) is 2.39. The monoisotopic (exact) mass is 516 g/mol. The first-order valence-electron chi connectivity index (χ1n) is 11.8. The minimum atomic E-state index is -0.738. The number of aromatic hydroxyl groups is 2. The van der Waals surface area contributed by atoms with Crippen molar-refractivity contribution in [2.45, 2.75) is 19.3 Å². The van der Waals surface area contributed by atoms with Gasteiger partial charge in [-0.2, -0.15) is 0 Å². The smallest absolute Gasteiger partial charge is 0.306 e. The number of carbonyl (C=O) groups is 1. The number of fused-ring (bicyclic) bond motifs is 1. The first-order valence-corrected chi connectivity index (χ1v) is 11.8. The van der Waals surface area contributed by atoms with Crippen molar-refractivity contribution in [2.75, 3.05) is 20.8 Å². The van der Waals surface area contributed by atoms with E-state index in [1.54, 1.807) is 30.3 Å². The van der Waals surface area contributed by atoms with Crippen molar-refractivity contribution >= 4 is 16.9 Å². The second-order valence-electron chi connectivity index (χ2n) is 8.89. The largest absolute Gasteiger partial charge is 0.508 e. The van der Waals surface area contributed by atoms with E-state index in [-0.39, 0.29) is 39.9 Å². The molecule has 196 valence electrons. The molecule has 1 aromatic heterocycles. The lowest BCUT2D eigenvalue weighted by atomic mass is 9.86. The number of phenols is 2. The summed E-state index contributed by atoms with van der Waals surface area (Å²) in [6.45, 7) is 5.99. The molecule has 38 heavy (non-hydrogen) atoms.